The second-order valence-electron chi connectivity index (χ2n) is 2.37. The average molecular weight is 164 g/mol. The molecule has 0 aromatic carbocycles. The molecule has 0 aliphatic rings. The molecule has 0 amide bonds. The van der Waals surface area contributed by atoms with Crippen molar-refractivity contribution in [2.75, 3.05) is 0 Å². The van der Waals surface area contributed by atoms with E-state index in [1.54, 1.807) is 0 Å². The molecule has 62 valence electrons. The van der Waals surface area contributed by atoms with E-state index in [9.17, 15) is 9.59 Å². The van der Waals surface area contributed by atoms with Crippen molar-refractivity contribution in [3.63, 3.8) is 0 Å². The maximum Gasteiger partial charge on any atom is 0.180 e. The quantitative estimate of drug-likeness (QED) is 0.609. The van der Waals surface area contributed by atoms with Crippen molar-refractivity contribution in [2.45, 2.75) is 13.8 Å². The Morgan fingerprint density at radius 1 is 1.00 bits per heavy atom. The first kappa shape index (κ1) is 8.52. The first-order chi connectivity index (χ1) is 5.63. The molecule has 0 radical (unpaired) electrons. The van der Waals surface area contributed by atoms with Crippen LogP contribution in [0.1, 0.15) is 34.8 Å². The fourth-order valence-corrected chi connectivity index (χ4v) is 0.853. The average Bonchev–Trinajstić information content (AvgIpc) is 2.04. The van der Waals surface area contributed by atoms with Gasteiger partial charge in [0.05, 0.1) is 0 Å². The highest BCUT2D eigenvalue weighted by atomic mass is 16.1. The summed E-state index contributed by atoms with van der Waals surface area (Å²) in [5, 5.41) is 0. The van der Waals surface area contributed by atoms with Crippen LogP contribution in [0.25, 0.3) is 0 Å². The number of hydrogen-bond donors (Lipinski definition) is 0. The number of hydrogen-bond acceptors (Lipinski definition) is 4. The van der Waals surface area contributed by atoms with E-state index in [2.05, 4.69) is 9.97 Å². The molecule has 0 N–H and O–H groups in total. The SMILES string of the molecule is CC(=O)c1nccnc1C(C)=O. The fraction of sp³-hybridized carbons (Fsp3) is 0.250. The topological polar surface area (TPSA) is 59.9 Å². The highest BCUT2D eigenvalue weighted by molar-refractivity contribution is 6.04. The molecule has 0 bridgehead atoms. The lowest BCUT2D eigenvalue weighted by Crippen LogP contribution is -2.08. The zero-order chi connectivity index (χ0) is 9.14. The number of carbonyl (C=O) groups is 2. The summed E-state index contributed by atoms with van der Waals surface area (Å²) in [5.41, 5.74) is 0.287. The van der Waals surface area contributed by atoms with Crippen LogP contribution >= 0.6 is 0 Å². The Bertz CT molecular complexity index is 301. The van der Waals surface area contributed by atoms with Crippen molar-refractivity contribution < 1.29 is 9.59 Å². The van der Waals surface area contributed by atoms with E-state index in [4.69, 9.17) is 0 Å². The van der Waals surface area contributed by atoms with Gasteiger partial charge in [-0.15, -0.1) is 0 Å². The molecule has 0 unspecified atom stereocenters. The standard InChI is InChI=1S/C8H8N2O2/c1-5(11)7-8(6(2)12)10-4-3-9-7/h3-4H,1-2H3. The van der Waals surface area contributed by atoms with Gasteiger partial charge < -0.3 is 0 Å². The summed E-state index contributed by atoms with van der Waals surface area (Å²) < 4.78 is 0. The molecule has 0 aliphatic carbocycles. The lowest BCUT2D eigenvalue weighted by atomic mass is 10.2. The molecule has 0 saturated heterocycles. The van der Waals surface area contributed by atoms with Crippen LogP contribution < -0.4 is 0 Å². The molecule has 0 atom stereocenters. The monoisotopic (exact) mass is 164 g/mol. The van der Waals surface area contributed by atoms with E-state index < -0.39 is 0 Å². The Morgan fingerprint density at radius 3 is 1.58 bits per heavy atom. The second kappa shape index (κ2) is 3.21. The number of Topliss-reactive ketones (excluding diaryl/α,β-unsaturated/α-hetero) is 2. The first-order valence-corrected chi connectivity index (χ1v) is 3.46. The molecule has 1 aromatic rings. The Labute approximate surface area is 69.7 Å². The molecule has 4 nitrogen and oxygen atoms in total. The van der Waals surface area contributed by atoms with Crippen LogP contribution in [0.4, 0.5) is 0 Å². The van der Waals surface area contributed by atoms with E-state index in [1.807, 2.05) is 0 Å². The molecule has 0 saturated carbocycles. The summed E-state index contributed by atoms with van der Waals surface area (Å²) in [6.07, 6.45) is 2.78. The summed E-state index contributed by atoms with van der Waals surface area (Å²) in [7, 11) is 0. The van der Waals surface area contributed by atoms with Crippen molar-refractivity contribution in [3.05, 3.63) is 23.8 Å². The zero-order valence-electron chi connectivity index (χ0n) is 6.87. The molecular formula is C8H8N2O2. The van der Waals surface area contributed by atoms with E-state index in [1.165, 1.54) is 26.2 Å². The third-order valence-electron chi connectivity index (χ3n) is 1.37. The molecule has 1 heterocycles. The van der Waals surface area contributed by atoms with Crippen LogP contribution in [0.5, 0.6) is 0 Å². The normalized spacial score (nSPS) is 9.50. The van der Waals surface area contributed by atoms with Crippen LogP contribution in [0.2, 0.25) is 0 Å². The molecule has 1 rings (SSSR count). The van der Waals surface area contributed by atoms with Gasteiger partial charge in [-0.2, -0.15) is 0 Å². The minimum Gasteiger partial charge on any atom is -0.293 e. The fourth-order valence-electron chi connectivity index (χ4n) is 0.853. The second-order valence-corrected chi connectivity index (χ2v) is 2.37. The van der Waals surface area contributed by atoms with Crippen LogP contribution in [0.15, 0.2) is 12.4 Å². The van der Waals surface area contributed by atoms with E-state index in [0.717, 1.165) is 0 Å². The summed E-state index contributed by atoms with van der Waals surface area (Å²) in [4.78, 5) is 29.4. The Kier molecular flexibility index (Phi) is 2.28. The van der Waals surface area contributed by atoms with E-state index >= 15 is 0 Å². The van der Waals surface area contributed by atoms with Gasteiger partial charge in [-0.1, -0.05) is 0 Å². The Hall–Kier alpha value is -1.58. The number of nitrogens with zero attached hydrogens (tertiary/aromatic N) is 2. The van der Waals surface area contributed by atoms with Crippen LogP contribution in [0, 0.1) is 0 Å². The molecule has 12 heavy (non-hydrogen) atoms. The van der Waals surface area contributed by atoms with E-state index in [-0.39, 0.29) is 23.0 Å². The van der Waals surface area contributed by atoms with Crippen LogP contribution in [0.3, 0.4) is 0 Å². The minimum atomic E-state index is -0.242. The third kappa shape index (κ3) is 1.53. The van der Waals surface area contributed by atoms with Gasteiger partial charge in [0.15, 0.2) is 11.6 Å². The van der Waals surface area contributed by atoms with E-state index in [0.29, 0.717) is 0 Å². The predicted octanol–water partition coefficient (Wildman–Crippen LogP) is 0.882. The molecule has 0 fully saturated rings. The summed E-state index contributed by atoms with van der Waals surface area (Å²) in [6, 6.07) is 0. The molecule has 0 spiro atoms. The van der Waals surface area contributed by atoms with Crippen LogP contribution in [-0.4, -0.2) is 21.5 Å². The lowest BCUT2D eigenvalue weighted by Gasteiger charge is -1.98. The maximum atomic E-state index is 10.9. The Balaban J connectivity index is 3.27. The highest BCUT2D eigenvalue weighted by Crippen LogP contribution is 2.02. The van der Waals surface area contributed by atoms with Gasteiger partial charge in [0, 0.05) is 26.2 Å². The molecule has 1 aromatic heterocycles. The van der Waals surface area contributed by atoms with Gasteiger partial charge in [-0.25, -0.2) is 9.97 Å². The first-order valence-electron chi connectivity index (χ1n) is 3.46. The maximum absolute atomic E-state index is 10.9. The predicted molar refractivity (Wildman–Crippen MR) is 42.0 cm³/mol. The number of rotatable bonds is 2. The smallest absolute Gasteiger partial charge is 0.180 e. The van der Waals surface area contributed by atoms with Crippen LogP contribution in [-0.2, 0) is 0 Å². The third-order valence-corrected chi connectivity index (χ3v) is 1.37. The summed E-state index contributed by atoms with van der Waals surface area (Å²) in [5.74, 6) is -0.485. The summed E-state index contributed by atoms with van der Waals surface area (Å²) in [6.45, 7) is 2.72. The van der Waals surface area contributed by atoms with Gasteiger partial charge in [-0.05, 0) is 0 Å². The number of aromatic nitrogens is 2. The van der Waals surface area contributed by atoms with Gasteiger partial charge in [-0.3, -0.25) is 9.59 Å². The van der Waals surface area contributed by atoms with Crippen molar-refractivity contribution in [1.82, 2.24) is 9.97 Å². The van der Waals surface area contributed by atoms with Crippen molar-refractivity contribution in [1.29, 1.82) is 0 Å². The lowest BCUT2D eigenvalue weighted by molar-refractivity contribution is 0.0973. The number of ketones is 2. The summed E-state index contributed by atoms with van der Waals surface area (Å²) >= 11 is 0. The molecule has 4 heteroatoms. The van der Waals surface area contributed by atoms with Gasteiger partial charge in [0.25, 0.3) is 0 Å². The number of carbonyl (C=O) groups excluding carboxylic acids is 2. The van der Waals surface area contributed by atoms with Crippen molar-refractivity contribution in [2.24, 2.45) is 0 Å². The zero-order valence-corrected chi connectivity index (χ0v) is 6.87. The largest absolute Gasteiger partial charge is 0.293 e. The highest BCUT2D eigenvalue weighted by Gasteiger charge is 2.12. The van der Waals surface area contributed by atoms with Gasteiger partial charge in [0.2, 0.25) is 0 Å². The molecule has 0 aliphatic heterocycles. The van der Waals surface area contributed by atoms with Gasteiger partial charge >= 0.3 is 0 Å². The Morgan fingerprint density at radius 2 is 1.33 bits per heavy atom. The van der Waals surface area contributed by atoms with Gasteiger partial charge in [0.1, 0.15) is 11.4 Å². The van der Waals surface area contributed by atoms with Crippen molar-refractivity contribution in [3.8, 4) is 0 Å². The van der Waals surface area contributed by atoms with Crippen molar-refractivity contribution >= 4 is 11.6 Å². The minimum absolute atomic E-state index is 0.144. The molecular weight excluding hydrogens is 156 g/mol.